The van der Waals surface area contributed by atoms with Gasteiger partial charge in [0.1, 0.15) is 5.41 Å². The summed E-state index contributed by atoms with van der Waals surface area (Å²) in [4.78, 5) is 10.4. The highest BCUT2D eigenvalue weighted by molar-refractivity contribution is 5.85. The molecule has 0 radical (unpaired) electrons. The molecule has 0 aromatic heterocycles. The van der Waals surface area contributed by atoms with Gasteiger partial charge >= 0.3 is 6.18 Å². The second-order valence-electron chi connectivity index (χ2n) is 3.27. The van der Waals surface area contributed by atoms with E-state index < -0.39 is 17.5 Å². The van der Waals surface area contributed by atoms with Crippen LogP contribution in [0.25, 0.3) is 0 Å². The molecular formula is C10H10F3NO. The van der Waals surface area contributed by atoms with E-state index in [0.717, 1.165) is 18.2 Å². The van der Waals surface area contributed by atoms with Crippen molar-refractivity contribution in [3.05, 3.63) is 36.5 Å². The Labute approximate surface area is 84.9 Å². The minimum Gasteiger partial charge on any atom is -0.366 e. The van der Waals surface area contributed by atoms with Crippen molar-refractivity contribution < 1.29 is 18.0 Å². The highest BCUT2D eigenvalue weighted by atomic mass is 19.4. The highest BCUT2D eigenvalue weighted by Crippen LogP contribution is 2.45. The van der Waals surface area contributed by atoms with E-state index in [-0.39, 0.29) is 6.42 Å². The summed E-state index contributed by atoms with van der Waals surface area (Å²) in [5, 5.41) is 0. The fourth-order valence-electron chi connectivity index (χ4n) is 1.30. The van der Waals surface area contributed by atoms with Crippen LogP contribution in [0.1, 0.15) is 6.42 Å². The number of halogens is 3. The van der Waals surface area contributed by atoms with Crippen LogP contribution in [-0.2, 0) is 4.79 Å². The molecule has 0 aromatic rings. The summed E-state index contributed by atoms with van der Waals surface area (Å²) in [6.45, 7) is 0. The van der Waals surface area contributed by atoms with Gasteiger partial charge in [-0.2, -0.15) is 13.2 Å². The van der Waals surface area contributed by atoms with Gasteiger partial charge in [0.2, 0.25) is 5.91 Å². The lowest BCUT2D eigenvalue weighted by molar-refractivity contribution is -0.188. The number of nitrogens with two attached hydrogens (primary N) is 1. The summed E-state index contributed by atoms with van der Waals surface area (Å²) in [5.74, 6) is -0.887. The molecule has 5 heteroatoms. The van der Waals surface area contributed by atoms with Gasteiger partial charge in [0.25, 0.3) is 0 Å². The molecule has 0 aliphatic heterocycles. The normalized spacial score (nSPS) is 26.1. The molecule has 1 atom stereocenters. The third-order valence-electron chi connectivity index (χ3n) is 2.17. The van der Waals surface area contributed by atoms with Crippen LogP contribution in [0.5, 0.6) is 0 Å². The fourth-order valence-corrected chi connectivity index (χ4v) is 1.30. The van der Waals surface area contributed by atoms with Crippen molar-refractivity contribution in [1.29, 1.82) is 0 Å². The van der Waals surface area contributed by atoms with Gasteiger partial charge in [0.15, 0.2) is 0 Å². The summed E-state index contributed by atoms with van der Waals surface area (Å²) < 4.78 is 38.3. The molecule has 0 aromatic carbocycles. The molecule has 1 aliphatic carbocycles. The van der Waals surface area contributed by atoms with Gasteiger partial charge in [-0.3, -0.25) is 4.79 Å². The highest BCUT2D eigenvalue weighted by Gasteiger charge is 2.50. The second-order valence-corrected chi connectivity index (χ2v) is 3.27. The smallest absolute Gasteiger partial charge is 0.366 e. The van der Waals surface area contributed by atoms with Crippen LogP contribution in [0.2, 0.25) is 0 Å². The number of alkyl halides is 3. The van der Waals surface area contributed by atoms with Crippen LogP contribution in [0.15, 0.2) is 36.5 Å². The summed E-state index contributed by atoms with van der Waals surface area (Å²) in [6, 6.07) is 0. The fraction of sp³-hybridized carbons (Fsp3) is 0.300. The molecule has 1 unspecified atom stereocenters. The Morgan fingerprint density at radius 2 is 2.07 bits per heavy atom. The average Bonchev–Trinajstić information content (AvgIpc) is 2.14. The molecule has 0 heterocycles. The van der Waals surface area contributed by atoms with Crippen molar-refractivity contribution in [3.8, 4) is 0 Å². The van der Waals surface area contributed by atoms with Gasteiger partial charge < -0.3 is 5.73 Å². The van der Waals surface area contributed by atoms with Gasteiger partial charge in [-0.15, -0.1) is 0 Å². The van der Waals surface area contributed by atoms with E-state index >= 15 is 0 Å². The summed E-state index contributed by atoms with van der Waals surface area (Å²) >= 11 is 0. The SMILES string of the molecule is NC(=O)C=CC1(C(F)(F)F)C=CC=CC1. The Morgan fingerprint density at radius 3 is 2.47 bits per heavy atom. The zero-order chi connectivity index (χ0) is 11.5. The maximum absolute atomic E-state index is 12.8. The van der Waals surface area contributed by atoms with E-state index in [1.165, 1.54) is 18.2 Å². The van der Waals surface area contributed by atoms with Gasteiger partial charge in [-0.1, -0.05) is 30.4 Å². The van der Waals surface area contributed by atoms with Crippen LogP contribution in [-0.4, -0.2) is 12.1 Å². The summed E-state index contributed by atoms with van der Waals surface area (Å²) in [7, 11) is 0. The number of rotatable bonds is 2. The van der Waals surface area contributed by atoms with Gasteiger partial charge in [-0.25, -0.2) is 0 Å². The van der Waals surface area contributed by atoms with Gasteiger partial charge in [0, 0.05) is 0 Å². The molecule has 0 saturated carbocycles. The van der Waals surface area contributed by atoms with Crippen LogP contribution in [0, 0.1) is 5.41 Å². The first kappa shape index (κ1) is 11.6. The average molecular weight is 217 g/mol. The third-order valence-corrected chi connectivity index (χ3v) is 2.17. The zero-order valence-corrected chi connectivity index (χ0v) is 7.79. The minimum absolute atomic E-state index is 0.212. The van der Waals surface area contributed by atoms with Crippen molar-refractivity contribution in [3.63, 3.8) is 0 Å². The number of amides is 1. The lowest BCUT2D eigenvalue weighted by atomic mass is 9.80. The monoisotopic (exact) mass is 217 g/mol. The van der Waals surface area contributed by atoms with Crippen molar-refractivity contribution in [2.45, 2.75) is 12.6 Å². The quantitative estimate of drug-likeness (QED) is 0.707. The number of primary amides is 1. The first-order valence-corrected chi connectivity index (χ1v) is 4.27. The zero-order valence-electron chi connectivity index (χ0n) is 7.79. The molecule has 82 valence electrons. The number of carbonyl (C=O) groups is 1. The van der Waals surface area contributed by atoms with E-state index in [1.807, 2.05) is 0 Å². The topological polar surface area (TPSA) is 43.1 Å². The van der Waals surface area contributed by atoms with Crippen LogP contribution < -0.4 is 5.73 Å². The molecule has 0 fully saturated rings. The maximum Gasteiger partial charge on any atom is 0.401 e. The van der Waals surface area contributed by atoms with Gasteiger partial charge in [-0.05, 0) is 12.5 Å². The lowest BCUT2D eigenvalue weighted by Crippen LogP contribution is -2.35. The van der Waals surface area contributed by atoms with Crippen molar-refractivity contribution in [1.82, 2.24) is 0 Å². The number of allylic oxidation sites excluding steroid dienone is 5. The van der Waals surface area contributed by atoms with E-state index in [4.69, 9.17) is 5.73 Å². The summed E-state index contributed by atoms with van der Waals surface area (Å²) in [5.41, 5.74) is 2.68. The molecule has 2 N–H and O–H groups in total. The maximum atomic E-state index is 12.8. The van der Waals surface area contributed by atoms with Crippen molar-refractivity contribution in [2.24, 2.45) is 11.1 Å². The van der Waals surface area contributed by atoms with Crippen LogP contribution in [0.3, 0.4) is 0 Å². The third kappa shape index (κ3) is 2.49. The molecular weight excluding hydrogens is 207 g/mol. The van der Waals surface area contributed by atoms with Crippen molar-refractivity contribution >= 4 is 5.91 Å². The molecule has 0 bridgehead atoms. The molecule has 1 rings (SSSR count). The minimum atomic E-state index is -4.43. The number of hydrogen-bond acceptors (Lipinski definition) is 1. The van der Waals surface area contributed by atoms with Crippen LogP contribution in [0.4, 0.5) is 13.2 Å². The molecule has 1 aliphatic rings. The van der Waals surface area contributed by atoms with E-state index in [0.29, 0.717) is 0 Å². The Morgan fingerprint density at radius 1 is 1.40 bits per heavy atom. The standard InChI is InChI=1S/C10H10F3NO/c11-10(12,13)9(7-4-8(14)15)5-2-1-3-6-9/h1-5,7H,6H2,(H2,14,15). The lowest BCUT2D eigenvalue weighted by Gasteiger charge is -2.30. The van der Waals surface area contributed by atoms with E-state index in [1.54, 1.807) is 0 Å². The number of hydrogen-bond donors (Lipinski definition) is 1. The Kier molecular flexibility index (Phi) is 3.02. The first-order chi connectivity index (χ1) is 6.87. The predicted molar refractivity (Wildman–Crippen MR) is 49.7 cm³/mol. The van der Waals surface area contributed by atoms with Gasteiger partial charge in [0.05, 0.1) is 0 Å². The van der Waals surface area contributed by atoms with Crippen LogP contribution >= 0.6 is 0 Å². The second kappa shape index (κ2) is 3.92. The molecule has 1 amide bonds. The molecule has 15 heavy (non-hydrogen) atoms. The predicted octanol–water partition coefficient (Wildman–Crippen LogP) is 2.09. The Hall–Kier alpha value is -1.52. The molecule has 2 nitrogen and oxygen atoms in total. The van der Waals surface area contributed by atoms with E-state index in [9.17, 15) is 18.0 Å². The summed E-state index contributed by atoms with van der Waals surface area (Å²) in [6.07, 6.45) is 2.17. The number of carbonyl (C=O) groups excluding carboxylic acids is 1. The van der Waals surface area contributed by atoms with Crippen molar-refractivity contribution in [2.75, 3.05) is 0 Å². The first-order valence-electron chi connectivity index (χ1n) is 4.27. The molecule has 0 saturated heterocycles. The largest absolute Gasteiger partial charge is 0.401 e. The molecule has 0 spiro atoms. The Balaban J connectivity index is 3.03. The Bertz CT molecular complexity index is 341. The van der Waals surface area contributed by atoms with E-state index in [2.05, 4.69) is 0 Å².